The van der Waals surface area contributed by atoms with Crippen molar-refractivity contribution in [1.29, 1.82) is 0 Å². The van der Waals surface area contributed by atoms with E-state index in [-0.39, 0.29) is 11.0 Å². The molecule has 2 aromatic heterocycles. The van der Waals surface area contributed by atoms with Crippen molar-refractivity contribution < 1.29 is 9.21 Å². The number of carbonyl (C=O) groups excluding carboxylic acids is 1. The van der Waals surface area contributed by atoms with Crippen LogP contribution in [0.25, 0.3) is 28.7 Å². The van der Waals surface area contributed by atoms with Crippen LogP contribution in [0.3, 0.4) is 0 Å². The summed E-state index contributed by atoms with van der Waals surface area (Å²) in [5.74, 6) is 0.832. The minimum atomic E-state index is -0.376. The lowest BCUT2D eigenvalue weighted by molar-refractivity contribution is -0.115. The molecule has 0 atom stereocenters. The number of nitrogens with one attached hydrogen (secondary N) is 2. The molecule has 1 amide bonds. The zero-order valence-corrected chi connectivity index (χ0v) is 19.4. The Morgan fingerprint density at radius 2 is 1.94 bits per heavy atom. The Kier molecular flexibility index (Phi) is 6.80. The molecule has 160 valence electrons. The van der Waals surface area contributed by atoms with Gasteiger partial charge < -0.3 is 9.73 Å². The van der Waals surface area contributed by atoms with E-state index in [1.165, 1.54) is 17.4 Å². The molecule has 0 radical (unpaired) electrons. The average Bonchev–Trinajstić information content (AvgIpc) is 3.45. The predicted octanol–water partition coefficient (Wildman–Crippen LogP) is 6.56. The van der Waals surface area contributed by atoms with Crippen molar-refractivity contribution in [3.8, 4) is 22.6 Å². The first kappa shape index (κ1) is 22.0. The number of carbonyl (C=O) groups is 1. The zero-order valence-electron chi connectivity index (χ0n) is 17.0. The number of rotatable bonds is 5. The van der Waals surface area contributed by atoms with Crippen molar-refractivity contribution in [2.45, 2.75) is 6.92 Å². The van der Waals surface area contributed by atoms with Crippen molar-refractivity contribution in [3.63, 3.8) is 0 Å². The van der Waals surface area contributed by atoms with Gasteiger partial charge in [-0.05, 0) is 49.0 Å². The van der Waals surface area contributed by atoms with Gasteiger partial charge in [0.2, 0.25) is 5.91 Å². The highest BCUT2D eigenvalue weighted by molar-refractivity contribution is 7.80. The third-order valence-corrected chi connectivity index (χ3v) is 5.88. The standard InChI is InChI=1S/C24H18ClN3O2S2/c1-15-7-8-17(13-19(15)25)21-11-9-18(30-21)10-12-22(29)27-23(31)28-24-26-20(14-32-24)16-5-3-2-4-6-16/h2-14H,1H3,(H2,26,27,28,29,31)/b12-10+. The minimum absolute atomic E-state index is 0.169. The highest BCUT2D eigenvalue weighted by Crippen LogP contribution is 2.27. The maximum atomic E-state index is 12.2. The fourth-order valence-corrected chi connectivity index (χ4v) is 4.02. The van der Waals surface area contributed by atoms with Crippen LogP contribution in [0.2, 0.25) is 5.02 Å². The Morgan fingerprint density at radius 1 is 1.12 bits per heavy atom. The maximum absolute atomic E-state index is 12.2. The monoisotopic (exact) mass is 479 g/mol. The molecule has 2 heterocycles. The molecule has 2 aromatic carbocycles. The second-order valence-electron chi connectivity index (χ2n) is 6.85. The van der Waals surface area contributed by atoms with E-state index in [4.69, 9.17) is 28.2 Å². The van der Waals surface area contributed by atoms with Crippen molar-refractivity contribution in [2.75, 3.05) is 5.32 Å². The number of hydrogen-bond acceptors (Lipinski definition) is 5. The number of benzene rings is 2. The molecule has 4 rings (SSSR count). The van der Waals surface area contributed by atoms with Crippen LogP contribution in [0.15, 0.2) is 76.5 Å². The highest BCUT2D eigenvalue weighted by Gasteiger charge is 2.08. The molecule has 5 nitrogen and oxygen atoms in total. The fraction of sp³-hybridized carbons (Fsp3) is 0.0417. The first-order chi connectivity index (χ1) is 15.5. The molecule has 0 fully saturated rings. The summed E-state index contributed by atoms with van der Waals surface area (Å²) in [5.41, 5.74) is 3.72. The van der Waals surface area contributed by atoms with Gasteiger partial charge in [0.1, 0.15) is 11.5 Å². The largest absolute Gasteiger partial charge is 0.457 e. The molecule has 0 bridgehead atoms. The van der Waals surface area contributed by atoms with Gasteiger partial charge in [-0.2, -0.15) is 0 Å². The van der Waals surface area contributed by atoms with Gasteiger partial charge in [0.05, 0.1) is 5.69 Å². The molecule has 0 aliphatic carbocycles. The van der Waals surface area contributed by atoms with Crippen LogP contribution < -0.4 is 10.6 Å². The Morgan fingerprint density at radius 3 is 2.72 bits per heavy atom. The lowest BCUT2D eigenvalue weighted by atomic mass is 10.1. The number of anilines is 1. The Labute approximate surface area is 199 Å². The van der Waals surface area contributed by atoms with Gasteiger partial charge in [-0.15, -0.1) is 11.3 Å². The maximum Gasteiger partial charge on any atom is 0.250 e. The molecule has 0 saturated heterocycles. The zero-order chi connectivity index (χ0) is 22.5. The lowest BCUT2D eigenvalue weighted by Crippen LogP contribution is -2.32. The number of thiazole rings is 1. The van der Waals surface area contributed by atoms with Crippen LogP contribution in [0.5, 0.6) is 0 Å². The number of nitrogens with zero attached hydrogens (tertiary/aromatic N) is 1. The van der Waals surface area contributed by atoms with Crippen LogP contribution >= 0.6 is 35.2 Å². The van der Waals surface area contributed by atoms with Crippen LogP contribution in [0, 0.1) is 6.92 Å². The molecule has 0 spiro atoms. The second kappa shape index (κ2) is 9.91. The number of aryl methyl sites for hydroxylation is 1. The molecule has 0 saturated carbocycles. The van der Waals surface area contributed by atoms with E-state index in [1.807, 2.05) is 66.9 Å². The smallest absolute Gasteiger partial charge is 0.250 e. The van der Waals surface area contributed by atoms with Gasteiger partial charge in [-0.3, -0.25) is 10.1 Å². The molecule has 0 aliphatic rings. The topological polar surface area (TPSA) is 67.2 Å². The van der Waals surface area contributed by atoms with Gasteiger partial charge in [0, 0.05) is 27.6 Å². The van der Waals surface area contributed by atoms with Crippen LogP contribution in [0.1, 0.15) is 11.3 Å². The summed E-state index contributed by atoms with van der Waals surface area (Å²) < 4.78 is 5.78. The Hall–Kier alpha value is -3.26. The molecule has 2 N–H and O–H groups in total. The highest BCUT2D eigenvalue weighted by atomic mass is 35.5. The van der Waals surface area contributed by atoms with Gasteiger partial charge in [0.25, 0.3) is 0 Å². The number of halogens is 1. The molecular weight excluding hydrogens is 462 g/mol. The molecule has 32 heavy (non-hydrogen) atoms. The minimum Gasteiger partial charge on any atom is -0.457 e. The number of furan rings is 1. The summed E-state index contributed by atoms with van der Waals surface area (Å²) in [6.07, 6.45) is 2.93. The number of amides is 1. The van der Waals surface area contributed by atoms with E-state index in [1.54, 1.807) is 12.1 Å². The SMILES string of the molecule is Cc1ccc(-c2ccc(/C=C/C(=O)NC(=S)Nc3nc(-c4ccccc4)cs3)o2)cc1Cl. The lowest BCUT2D eigenvalue weighted by Gasteiger charge is -2.04. The van der Waals surface area contributed by atoms with E-state index in [2.05, 4.69) is 15.6 Å². The summed E-state index contributed by atoms with van der Waals surface area (Å²) in [4.78, 5) is 16.7. The normalized spacial score (nSPS) is 10.9. The van der Waals surface area contributed by atoms with Crippen LogP contribution in [-0.4, -0.2) is 16.0 Å². The first-order valence-electron chi connectivity index (χ1n) is 9.65. The number of hydrogen-bond donors (Lipinski definition) is 2. The van der Waals surface area contributed by atoms with Gasteiger partial charge in [-0.1, -0.05) is 54.1 Å². The molecule has 4 aromatic rings. The van der Waals surface area contributed by atoms with Gasteiger partial charge in [0.15, 0.2) is 10.2 Å². The first-order valence-corrected chi connectivity index (χ1v) is 11.3. The summed E-state index contributed by atoms with van der Waals surface area (Å²) in [6.45, 7) is 1.94. The van der Waals surface area contributed by atoms with E-state index in [9.17, 15) is 4.79 Å². The molecule has 0 aliphatic heterocycles. The summed E-state index contributed by atoms with van der Waals surface area (Å²) in [5, 5.41) is 8.91. The third-order valence-electron chi connectivity index (χ3n) is 4.51. The Balaban J connectivity index is 1.33. The van der Waals surface area contributed by atoms with Crippen LogP contribution in [0.4, 0.5) is 5.13 Å². The van der Waals surface area contributed by atoms with Gasteiger partial charge in [-0.25, -0.2) is 4.98 Å². The van der Waals surface area contributed by atoms with Crippen LogP contribution in [-0.2, 0) is 4.79 Å². The van der Waals surface area contributed by atoms with Crippen molar-refractivity contribution >= 4 is 57.4 Å². The van der Waals surface area contributed by atoms with Gasteiger partial charge >= 0.3 is 0 Å². The molecular formula is C24H18ClN3O2S2. The second-order valence-corrected chi connectivity index (χ2v) is 8.52. The van der Waals surface area contributed by atoms with Crippen molar-refractivity contribution in [2.24, 2.45) is 0 Å². The summed E-state index contributed by atoms with van der Waals surface area (Å²) in [7, 11) is 0. The van der Waals surface area contributed by atoms with Crippen molar-refractivity contribution in [3.05, 3.63) is 88.5 Å². The average molecular weight is 480 g/mol. The quantitative estimate of drug-likeness (QED) is 0.250. The fourth-order valence-electron chi connectivity index (χ4n) is 2.86. The van der Waals surface area contributed by atoms with E-state index in [0.717, 1.165) is 22.4 Å². The molecule has 8 heteroatoms. The predicted molar refractivity (Wildman–Crippen MR) is 135 cm³/mol. The third kappa shape index (κ3) is 5.50. The van der Waals surface area contributed by atoms with E-state index < -0.39 is 0 Å². The number of aromatic nitrogens is 1. The van der Waals surface area contributed by atoms with E-state index in [0.29, 0.717) is 21.7 Å². The Bertz CT molecular complexity index is 1300. The van der Waals surface area contributed by atoms with E-state index >= 15 is 0 Å². The summed E-state index contributed by atoms with van der Waals surface area (Å²) >= 11 is 12.8. The molecule has 0 unspecified atom stereocenters. The van der Waals surface area contributed by atoms with Crippen molar-refractivity contribution in [1.82, 2.24) is 10.3 Å². The summed E-state index contributed by atoms with van der Waals surface area (Å²) in [6, 6.07) is 19.2. The number of thiocarbonyl (C=S) groups is 1.